The van der Waals surface area contributed by atoms with Crippen LogP contribution >= 0.6 is 12.2 Å². The number of carbonyl (C=O) groups excluding carboxylic acids is 2. The molecular weight excluding hydrogens is 485 g/mol. The summed E-state index contributed by atoms with van der Waals surface area (Å²) in [6, 6.07) is 11.5. The maximum Gasteiger partial charge on any atom is 0.416 e. The summed E-state index contributed by atoms with van der Waals surface area (Å²) in [6.45, 7) is 1.76. The van der Waals surface area contributed by atoms with Crippen molar-refractivity contribution in [2.75, 3.05) is 4.90 Å². The number of aryl methyl sites for hydroxylation is 1. The number of nitrogens with zero attached hydrogens (tertiary/aromatic N) is 1. The van der Waals surface area contributed by atoms with Gasteiger partial charge in [-0.25, -0.2) is 4.79 Å². The largest absolute Gasteiger partial charge is 0.478 e. The second kappa shape index (κ2) is 8.84. The molecule has 0 bridgehead atoms. The molecule has 1 aliphatic rings. The number of halogens is 3. The average Bonchev–Trinajstić information content (AvgIpc) is 3.25. The number of carboxylic acids is 1. The third-order valence-electron chi connectivity index (χ3n) is 5.20. The summed E-state index contributed by atoms with van der Waals surface area (Å²) in [5.74, 6) is -2.50. The molecule has 1 saturated heterocycles. The summed E-state index contributed by atoms with van der Waals surface area (Å²) in [4.78, 5) is 37.6. The highest BCUT2D eigenvalue weighted by Gasteiger charge is 2.37. The molecule has 2 heterocycles. The molecule has 2 aromatic carbocycles. The fourth-order valence-corrected chi connectivity index (χ4v) is 3.73. The summed E-state index contributed by atoms with van der Waals surface area (Å²) < 4.78 is 45.1. The van der Waals surface area contributed by atoms with Crippen molar-refractivity contribution in [1.29, 1.82) is 0 Å². The van der Waals surface area contributed by atoms with Gasteiger partial charge in [-0.15, -0.1) is 0 Å². The van der Waals surface area contributed by atoms with Gasteiger partial charge in [0.25, 0.3) is 11.8 Å². The van der Waals surface area contributed by atoms with Crippen molar-refractivity contribution in [2.24, 2.45) is 0 Å². The fourth-order valence-electron chi connectivity index (χ4n) is 3.45. The molecular formula is C24H15F3N2O5S. The van der Waals surface area contributed by atoms with E-state index in [1.807, 2.05) is 0 Å². The summed E-state index contributed by atoms with van der Waals surface area (Å²) >= 11 is 5.03. The van der Waals surface area contributed by atoms with Crippen molar-refractivity contribution >= 4 is 46.9 Å². The summed E-state index contributed by atoms with van der Waals surface area (Å²) in [7, 11) is 0. The van der Waals surface area contributed by atoms with Crippen LogP contribution in [0.25, 0.3) is 17.4 Å². The van der Waals surface area contributed by atoms with E-state index in [4.69, 9.17) is 16.6 Å². The molecule has 0 aliphatic carbocycles. The highest BCUT2D eigenvalue weighted by Crippen LogP contribution is 2.33. The minimum Gasteiger partial charge on any atom is -0.478 e. The van der Waals surface area contributed by atoms with Crippen LogP contribution < -0.4 is 10.2 Å². The van der Waals surface area contributed by atoms with Crippen LogP contribution in [-0.2, 0) is 15.8 Å². The fraction of sp³-hybridized carbons (Fsp3) is 0.0833. The number of amides is 2. The number of furan rings is 1. The lowest BCUT2D eigenvalue weighted by Gasteiger charge is -2.29. The first-order valence-corrected chi connectivity index (χ1v) is 10.4. The number of nitrogens with one attached hydrogen (secondary N) is 1. The molecule has 0 radical (unpaired) electrons. The zero-order valence-electron chi connectivity index (χ0n) is 17.8. The smallest absolute Gasteiger partial charge is 0.416 e. The Morgan fingerprint density at radius 2 is 1.86 bits per heavy atom. The van der Waals surface area contributed by atoms with Crippen LogP contribution in [-0.4, -0.2) is 28.0 Å². The Hall–Kier alpha value is -4.25. The number of carbonyl (C=O) groups is 3. The monoisotopic (exact) mass is 500 g/mol. The minimum absolute atomic E-state index is 0.0500. The molecule has 0 saturated carbocycles. The Kier molecular flexibility index (Phi) is 6.03. The number of carboxylic acid groups (broad SMARTS) is 1. The van der Waals surface area contributed by atoms with Gasteiger partial charge in [-0.3, -0.25) is 19.8 Å². The van der Waals surface area contributed by atoms with E-state index in [1.54, 1.807) is 19.1 Å². The molecule has 4 rings (SSSR count). The number of aromatic carboxylic acids is 1. The van der Waals surface area contributed by atoms with Crippen LogP contribution in [0.1, 0.15) is 27.2 Å². The van der Waals surface area contributed by atoms with Crippen LogP contribution in [0.3, 0.4) is 0 Å². The maximum atomic E-state index is 13.1. The van der Waals surface area contributed by atoms with Crippen molar-refractivity contribution in [1.82, 2.24) is 5.32 Å². The Morgan fingerprint density at radius 1 is 1.11 bits per heavy atom. The lowest BCUT2D eigenvalue weighted by molar-refractivity contribution is -0.137. The third kappa shape index (κ3) is 4.71. The molecule has 3 aromatic rings. The van der Waals surface area contributed by atoms with Gasteiger partial charge in [-0.1, -0.05) is 12.1 Å². The molecule has 1 aromatic heterocycles. The Bertz CT molecular complexity index is 1420. The molecule has 1 aliphatic heterocycles. The number of rotatable bonds is 4. The van der Waals surface area contributed by atoms with Gasteiger partial charge in [0.1, 0.15) is 17.1 Å². The van der Waals surface area contributed by atoms with Gasteiger partial charge in [0.2, 0.25) is 0 Å². The van der Waals surface area contributed by atoms with Gasteiger partial charge in [-0.2, -0.15) is 13.2 Å². The third-order valence-corrected chi connectivity index (χ3v) is 5.48. The van der Waals surface area contributed by atoms with Gasteiger partial charge in [0, 0.05) is 5.56 Å². The highest BCUT2D eigenvalue weighted by molar-refractivity contribution is 7.80. The van der Waals surface area contributed by atoms with E-state index in [1.165, 1.54) is 24.3 Å². The average molecular weight is 500 g/mol. The van der Waals surface area contributed by atoms with Crippen molar-refractivity contribution in [2.45, 2.75) is 13.1 Å². The van der Waals surface area contributed by atoms with E-state index in [2.05, 4.69) is 5.32 Å². The molecule has 2 amide bonds. The lowest BCUT2D eigenvalue weighted by Crippen LogP contribution is -2.54. The number of thiocarbonyl (C=S) groups is 1. The highest BCUT2D eigenvalue weighted by atomic mass is 32.1. The van der Waals surface area contributed by atoms with E-state index < -0.39 is 35.1 Å². The van der Waals surface area contributed by atoms with Gasteiger partial charge in [0.15, 0.2) is 5.11 Å². The zero-order valence-corrected chi connectivity index (χ0v) is 18.7. The van der Waals surface area contributed by atoms with Crippen molar-refractivity contribution in [3.63, 3.8) is 0 Å². The maximum absolute atomic E-state index is 13.1. The van der Waals surface area contributed by atoms with Crippen LogP contribution in [0.5, 0.6) is 0 Å². The topological polar surface area (TPSA) is 99.8 Å². The number of alkyl halides is 3. The molecule has 0 unspecified atom stereocenters. The normalized spacial score (nSPS) is 15.5. The van der Waals surface area contributed by atoms with E-state index in [-0.39, 0.29) is 22.1 Å². The summed E-state index contributed by atoms with van der Waals surface area (Å²) in [5, 5.41) is 11.2. The Morgan fingerprint density at radius 3 is 2.54 bits per heavy atom. The molecule has 11 heteroatoms. The van der Waals surface area contributed by atoms with Gasteiger partial charge in [0.05, 0.1) is 16.8 Å². The van der Waals surface area contributed by atoms with Gasteiger partial charge < -0.3 is 9.52 Å². The Labute approximate surface area is 201 Å². The number of benzene rings is 2. The first kappa shape index (κ1) is 23.9. The van der Waals surface area contributed by atoms with Crippen LogP contribution in [0, 0.1) is 6.92 Å². The molecule has 2 N–H and O–H groups in total. The van der Waals surface area contributed by atoms with E-state index in [0.29, 0.717) is 11.3 Å². The second-order valence-corrected chi connectivity index (χ2v) is 7.93. The molecule has 7 nitrogen and oxygen atoms in total. The zero-order chi connectivity index (χ0) is 25.5. The van der Waals surface area contributed by atoms with Crippen molar-refractivity contribution in [3.05, 3.63) is 82.6 Å². The molecule has 35 heavy (non-hydrogen) atoms. The van der Waals surface area contributed by atoms with Crippen LogP contribution in [0.15, 0.2) is 64.6 Å². The van der Waals surface area contributed by atoms with Gasteiger partial charge >= 0.3 is 12.1 Å². The standard InChI is InChI=1S/C24H15F3N2O5S/c1-12-5-6-13(22(32)33)9-17(12)19-8-7-16(34-19)11-18-20(30)28-23(35)29(21(18)31)15-4-2-3-14(10-15)24(25,26)27/h2-11H,1H3,(H,32,33)(H,28,30,35)/b18-11+. The molecule has 178 valence electrons. The van der Waals surface area contributed by atoms with Crippen LogP contribution in [0.2, 0.25) is 0 Å². The quantitative estimate of drug-likeness (QED) is 0.303. The molecule has 0 spiro atoms. The van der Waals surface area contributed by atoms with Crippen molar-refractivity contribution < 1.29 is 37.1 Å². The minimum atomic E-state index is -4.64. The number of hydrogen-bond acceptors (Lipinski definition) is 5. The molecule has 0 atom stereocenters. The van der Waals surface area contributed by atoms with Crippen molar-refractivity contribution in [3.8, 4) is 11.3 Å². The number of hydrogen-bond donors (Lipinski definition) is 2. The summed E-state index contributed by atoms with van der Waals surface area (Å²) in [6.07, 6.45) is -3.50. The van der Waals surface area contributed by atoms with E-state index >= 15 is 0 Å². The number of anilines is 1. The van der Waals surface area contributed by atoms with Crippen LogP contribution in [0.4, 0.5) is 18.9 Å². The summed E-state index contributed by atoms with van der Waals surface area (Å²) in [5.41, 5.74) is -0.275. The lowest BCUT2D eigenvalue weighted by atomic mass is 10.0. The molecule has 1 fully saturated rings. The first-order chi connectivity index (χ1) is 16.5. The predicted molar refractivity (Wildman–Crippen MR) is 123 cm³/mol. The first-order valence-electron chi connectivity index (χ1n) is 9.98. The second-order valence-electron chi connectivity index (χ2n) is 7.54. The van der Waals surface area contributed by atoms with Gasteiger partial charge in [-0.05, 0) is 73.2 Å². The van der Waals surface area contributed by atoms with E-state index in [0.717, 1.165) is 34.7 Å². The Balaban J connectivity index is 1.70. The predicted octanol–water partition coefficient (Wildman–Crippen LogP) is 4.80. The SMILES string of the molecule is Cc1ccc(C(=O)O)cc1-c1ccc(/C=C2\C(=O)NC(=S)N(c3cccc(C(F)(F)F)c3)C2=O)o1. The van der Waals surface area contributed by atoms with E-state index in [9.17, 15) is 32.7 Å².